The molecule has 0 aliphatic heterocycles. The maximum Gasteiger partial charge on any atom is 0.229 e. The van der Waals surface area contributed by atoms with Crippen molar-refractivity contribution in [1.29, 1.82) is 0 Å². The number of aliphatic hydroxyl groups is 1. The van der Waals surface area contributed by atoms with Crippen LogP contribution in [0.5, 0.6) is 0 Å². The van der Waals surface area contributed by atoms with Crippen LogP contribution in [-0.2, 0) is 6.61 Å². The van der Waals surface area contributed by atoms with E-state index in [1.165, 1.54) is 0 Å². The smallest absolute Gasteiger partial charge is 0.229 e. The van der Waals surface area contributed by atoms with Crippen molar-refractivity contribution in [2.24, 2.45) is 0 Å². The van der Waals surface area contributed by atoms with Crippen LogP contribution in [0.2, 0.25) is 0 Å². The monoisotopic (exact) mass is 392 g/mol. The number of rotatable bonds is 6. The van der Waals surface area contributed by atoms with E-state index in [0.29, 0.717) is 17.3 Å². The van der Waals surface area contributed by atoms with E-state index in [4.69, 9.17) is 4.42 Å². The van der Waals surface area contributed by atoms with Gasteiger partial charge in [0, 0.05) is 16.8 Å². The number of fused-ring (bicyclic) bond motifs is 1. The van der Waals surface area contributed by atoms with Crippen LogP contribution in [0.1, 0.15) is 31.1 Å². The van der Waals surface area contributed by atoms with E-state index >= 15 is 0 Å². The largest absolute Gasteiger partial charge is 0.459 e. The summed E-state index contributed by atoms with van der Waals surface area (Å²) in [6.45, 7) is 4.05. The SMILES string of the molecule is CC(C)c1cccc(Nc2nc(Nc3ccc4oc(CO)cc4c3)ncc2F)c1. The van der Waals surface area contributed by atoms with E-state index in [-0.39, 0.29) is 18.4 Å². The summed E-state index contributed by atoms with van der Waals surface area (Å²) >= 11 is 0. The van der Waals surface area contributed by atoms with Crippen molar-refractivity contribution in [3.63, 3.8) is 0 Å². The Morgan fingerprint density at radius 1 is 1.07 bits per heavy atom. The second-order valence-electron chi connectivity index (χ2n) is 7.04. The molecule has 0 atom stereocenters. The van der Waals surface area contributed by atoms with Crippen molar-refractivity contribution < 1.29 is 13.9 Å². The van der Waals surface area contributed by atoms with E-state index in [1.807, 2.05) is 30.3 Å². The quantitative estimate of drug-likeness (QED) is 0.404. The molecule has 0 saturated carbocycles. The van der Waals surface area contributed by atoms with Gasteiger partial charge in [0.05, 0.1) is 6.20 Å². The number of anilines is 4. The van der Waals surface area contributed by atoms with Gasteiger partial charge in [0.25, 0.3) is 0 Å². The summed E-state index contributed by atoms with van der Waals surface area (Å²) in [5.74, 6) is 0.677. The lowest BCUT2D eigenvalue weighted by atomic mass is 10.0. The molecule has 2 aromatic heterocycles. The highest BCUT2D eigenvalue weighted by atomic mass is 19.1. The Bertz CT molecular complexity index is 1160. The van der Waals surface area contributed by atoms with Crippen LogP contribution in [-0.4, -0.2) is 15.1 Å². The Morgan fingerprint density at radius 3 is 2.69 bits per heavy atom. The van der Waals surface area contributed by atoms with E-state index in [1.54, 1.807) is 18.2 Å². The Labute approximate surface area is 167 Å². The second-order valence-corrected chi connectivity index (χ2v) is 7.04. The Balaban J connectivity index is 1.57. The molecule has 0 bridgehead atoms. The minimum absolute atomic E-state index is 0.0929. The number of hydrogen-bond donors (Lipinski definition) is 3. The number of furan rings is 1. The lowest BCUT2D eigenvalue weighted by molar-refractivity contribution is 0.251. The molecular formula is C22H21FN4O2. The minimum Gasteiger partial charge on any atom is -0.459 e. The molecule has 29 heavy (non-hydrogen) atoms. The van der Waals surface area contributed by atoms with Gasteiger partial charge in [0.1, 0.15) is 18.0 Å². The maximum atomic E-state index is 14.3. The summed E-state index contributed by atoms with van der Waals surface area (Å²) in [5, 5.41) is 16.1. The molecular weight excluding hydrogens is 371 g/mol. The van der Waals surface area contributed by atoms with Crippen LogP contribution >= 0.6 is 0 Å². The van der Waals surface area contributed by atoms with Crippen molar-refractivity contribution in [2.45, 2.75) is 26.4 Å². The first-order valence-electron chi connectivity index (χ1n) is 9.31. The third-order valence-corrected chi connectivity index (χ3v) is 4.54. The predicted octanol–water partition coefficient (Wildman–Crippen LogP) is 5.46. The number of halogens is 1. The molecule has 3 N–H and O–H groups in total. The van der Waals surface area contributed by atoms with Gasteiger partial charge in [-0.2, -0.15) is 4.98 Å². The van der Waals surface area contributed by atoms with Crippen molar-refractivity contribution in [2.75, 3.05) is 10.6 Å². The van der Waals surface area contributed by atoms with Gasteiger partial charge >= 0.3 is 0 Å². The first-order chi connectivity index (χ1) is 14.0. The maximum absolute atomic E-state index is 14.3. The first-order valence-corrected chi connectivity index (χ1v) is 9.31. The zero-order valence-corrected chi connectivity index (χ0v) is 16.1. The lowest BCUT2D eigenvalue weighted by Crippen LogP contribution is -2.03. The second kappa shape index (κ2) is 7.89. The molecule has 7 heteroatoms. The first kappa shape index (κ1) is 18.9. The minimum atomic E-state index is -0.539. The van der Waals surface area contributed by atoms with Crippen LogP contribution < -0.4 is 10.6 Å². The van der Waals surface area contributed by atoms with Crippen LogP contribution in [0.15, 0.2) is 59.1 Å². The number of hydrogen-bond acceptors (Lipinski definition) is 6. The number of aromatic nitrogens is 2. The average molecular weight is 392 g/mol. The molecule has 0 fully saturated rings. The highest BCUT2D eigenvalue weighted by Crippen LogP contribution is 2.26. The number of aliphatic hydroxyl groups excluding tert-OH is 1. The fourth-order valence-electron chi connectivity index (χ4n) is 3.01. The Morgan fingerprint density at radius 2 is 1.90 bits per heavy atom. The molecule has 0 unspecified atom stereocenters. The molecule has 2 heterocycles. The third-order valence-electron chi connectivity index (χ3n) is 4.54. The van der Waals surface area contributed by atoms with Crippen molar-refractivity contribution >= 4 is 34.1 Å². The van der Waals surface area contributed by atoms with Gasteiger partial charge in [0.15, 0.2) is 11.6 Å². The van der Waals surface area contributed by atoms with Gasteiger partial charge in [-0.05, 0) is 47.9 Å². The fourth-order valence-corrected chi connectivity index (χ4v) is 3.01. The van der Waals surface area contributed by atoms with Crippen LogP contribution in [0.3, 0.4) is 0 Å². The average Bonchev–Trinajstić information content (AvgIpc) is 3.13. The highest BCUT2D eigenvalue weighted by Gasteiger charge is 2.10. The topological polar surface area (TPSA) is 83.2 Å². The number of nitrogens with one attached hydrogen (secondary N) is 2. The zero-order chi connectivity index (χ0) is 20.4. The molecule has 2 aromatic carbocycles. The van der Waals surface area contributed by atoms with Crippen LogP contribution in [0, 0.1) is 5.82 Å². The lowest BCUT2D eigenvalue weighted by Gasteiger charge is -2.11. The molecule has 0 spiro atoms. The zero-order valence-electron chi connectivity index (χ0n) is 16.1. The van der Waals surface area contributed by atoms with Crippen molar-refractivity contribution in [3.05, 3.63) is 71.9 Å². The van der Waals surface area contributed by atoms with Gasteiger partial charge < -0.3 is 20.2 Å². The predicted molar refractivity (Wildman–Crippen MR) is 111 cm³/mol. The van der Waals surface area contributed by atoms with Crippen molar-refractivity contribution in [3.8, 4) is 0 Å². The standard InChI is InChI=1S/C22H21FN4O2/c1-13(2)14-4-3-5-16(8-14)25-21-19(23)11-24-22(27-21)26-17-6-7-20-15(9-17)10-18(12-28)29-20/h3-11,13,28H,12H2,1-2H3,(H2,24,25,26,27). The molecule has 0 amide bonds. The third kappa shape index (κ3) is 4.20. The van der Waals surface area contributed by atoms with Crippen LogP contribution in [0.4, 0.5) is 27.5 Å². The summed E-state index contributed by atoms with van der Waals surface area (Å²) in [4.78, 5) is 8.29. The van der Waals surface area contributed by atoms with E-state index < -0.39 is 5.82 Å². The van der Waals surface area contributed by atoms with E-state index in [2.05, 4.69) is 34.4 Å². The Kier molecular flexibility index (Phi) is 5.14. The highest BCUT2D eigenvalue weighted by molar-refractivity contribution is 5.82. The van der Waals surface area contributed by atoms with E-state index in [9.17, 15) is 9.50 Å². The number of benzene rings is 2. The molecule has 148 valence electrons. The van der Waals surface area contributed by atoms with Crippen LogP contribution in [0.25, 0.3) is 11.0 Å². The summed E-state index contributed by atoms with van der Waals surface area (Å²) in [6, 6.07) is 15.0. The number of nitrogens with zero attached hydrogens (tertiary/aromatic N) is 2. The summed E-state index contributed by atoms with van der Waals surface area (Å²) in [7, 11) is 0. The molecule has 4 rings (SSSR count). The fraction of sp³-hybridized carbons (Fsp3) is 0.182. The van der Waals surface area contributed by atoms with Gasteiger partial charge in [-0.3, -0.25) is 0 Å². The molecule has 0 saturated heterocycles. The molecule has 4 aromatic rings. The summed E-state index contributed by atoms with van der Waals surface area (Å²) in [6.07, 6.45) is 1.13. The Hall–Kier alpha value is -3.45. The molecule has 6 nitrogen and oxygen atoms in total. The van der Waals surface area contributed by atoms with Gasteiger partial charge in [0.2, 0.25) is 5.95 Å². The summed E-state index contributed by atoms with van der Waals surface area (Å²) in [5.41, 5.74) is 3.31. The molecule has 0 aliphatic carbocycles. The van der Waals surface area contributed by atoms with E-state index in [0.717, 1.165) is 28.5 Å². The summed E-state index contributed by atoms with van der Waals surface area (Å²) < 4.78 is 19.7. The molecule has 0 radical (unpaired) electrons. The van der Waals surface area contributed by atoms with Gasteiger partial charge in [-0.25, -0.2) is 9.37 Å². The van der Waals surface area contributed by atoms with Crippen molar-refractivity contribution in [1.82, 2.24) is 9.97 Å². The normalized spacial score (nSPS) is 11.2. The van der Waals surface area contributed by atoms with Gasteiger partial charge in [-0.1, -0.05) is 26.0 Å². The van der Waals surface area contributed by atoms with Gasteiger partial charge in [-0.15, -0.1) is 0 Å². The molecule has 0 aliphatic rings.